The Morgan fingerprint density at radius 3 is 2.36 bits per heavy atom. The maximum atomic E-state index is 12.3. The number of carbonyl (C=O) groups is 2. The van der Waals surface area contributed by atoms with Crippen LogP contribution in [-0.2, 0) is 16.1 Å². The highest BCUT2D eigenvalue weighted by molar-refractivity contribution is 6.00. The molecule has 0 fully saturated rings. The number of hydrogen-bond donors (Lipinski definition) is 0. The Hall–Kier alpha value is -3.37. The number of alkyl halides is 2. The van der Waals surface area contributed by atoms with Crippen molar-refractivity contribution >= 4 is 17.4 Å². The van der Waals surface area contributed by atoms with Crippen molar-refractivity contribution in [1.29, 1.82) is 0 Å². The Kier molecular flexibility index (Phi) is 6.39. The number of ketones is 1. The molecule has 2 aromatic rings. The van der Waals surface area contributed by atoms with Gasteiger partial charge in [0.2, 0.25) is 5.78 Å². The lowest BCUT2D eigenvalue weighted by Crippen LogP contribution is -2.27. The highest BCUT2D eigenvalue weighted by Gasteiger charge is 2.25. The molecule has 0 spiro atoms. The van der Waals surface area contributed by atoms with Crippen molar-refractivity contribution in [2.45, 2.75) is 40.0 Å². The Balaban J connectivity index is 2.01. The quantitative estimate of drug-likeness (QED) is 0.291. The minimum atomic E-state index is -2.98. The zero-order valence-electron chi connectivity index (χ0n) is 15.2. The van der Waals surface area contributed by atoms with E-state index in [0.717, 1.165) is 4.68 Å². The summed E-state index contributed by atoms with van der Waals surface area (Å²) in [6, 6.07) is 4.94. The third-order valence-corrected chi connectivity index (χ3v) is 3.85. The van der Waals surface area contributed by atoms with Crippen LogP contribution in [0.1, 0.15) is 28.7 Å². The number of aryl methyl sites for hydroxylation is 1. The molecule has 2 rings (SSSR count). The first-order chi connectivity index (χ1) is 13.1. The molecule has 1 heterocycles. The molecule has 9 nitrogen and oxygen atoms in total. The van der Waals surface area contributed by atoms with Gasteiger partial charge in [-0.15, -0.1) is 0 Å². The fourth-order valence-corrected chi connectivity index (χ4v) is 2.55. The minimum absolute atomic E-state index is 0.109. The maximum absolute atomic E-state index is 12.3. The van der Waals surface area contributed by atoms with E-state index in [9.17, 15) is 28.5 Å². The van der Waals surface area contributed by atoms with Crippen molar-refractivity contribution in [3.8, 4) is 5.75 Å². The predicted molar refractivity (Wildman–Crippen MR) is 91.3 cm³/mol. The van der Waals surface area contributed by atoms with Crippen molar-refractivity contribution in [1.82, 2.24) is 9.78 Å². The van der Waals surface area contributed by atoms with E-state index in [4.69, 9.17) is 4.74 Å². The van der Waals surface area contributed by atoms with Crippen LogP contribution in [0.4, 0.5) is 14.5 Å². The van der Waals surface area contributed by atoms with Crippen LogP contribution in [0.5, 0.6) is 5.75 Å². The Bertz CT molecular complexity index is 895. The molecule has 0 N–H and O–H groups in total. The minimum Gasteiger partial charge on any atom is -0.453 e. The smallest absolute Gasteiger partial charge is 0.387 e. The number of aromatic nitrogens is 2. The molecule has 11 heteroatoms. The fraction of sp³-hybridized carbons (Fsp3) is 0.353. The number of esters is 1. The van der Waals surface area contributed by atoms with Crippen LogP contribution in [0.25, 0.3) is 0 Å². The second-order valence-electron chi connectivity index (χ2n) is 5.83. The highest BCUT2D eigenvalue weighted by atomic mass is 19.3. The summed E-state index contributed by atoms with van der Waals surface area (Å²) in [7, 11) is 0. The van der Waals surface area contributed by atoms with Gasteiger partial charge in [-0.1, -0.05) is 0 Å². The van der Waals surface area contributed by atoms with E-state index in [1.807, 2.05) is 0 Å². The average Bonchev–Trinajstić information content (AvgIpc) is 2.87. The van der Waals surface area contributed by atoms with E-state index in [1.54, 1.807) is 0 Å². The third-order valence-electron chi connectivity index (χ3n) is 3.85. The number of nitrogens with zero attached hydrogens (tertiary/aromatic N) is 3. The molecule has 0 aliphatic heterocycles. The van der Waals surface area contributed by atoms with Gasteiger partial charge < -0.3 is 9.47 Å². The first kappa shape index (κ1) is 20.9. The monoisotopic (exact) mass is 397 g/mol. The van der Waals surface area contributed by atoms with Gasteiger partial charge in [-0.2, -0.15) is 13.9 Å². The molecule has 0 bridgehead atoms. The van der Waals surface area contributed by atoms with Crippen molar-refractivity contribution in [3.63, 3.8) is 0 Å². The standard InChI is InChI=1S/C17H17F2N3O6/c1-9-15(22(25)26)10(2)21(20-9)8-14(23)27-11(3)16(24)12-4-6-13(7-5-12)28-17(18)19/h4-7,11,17H,8H2,1-3H3/t11-/m0/s1. The lowest BCUT2D eigenvalue weighted by molar-refractivity contribution is -0.386. The van der Waals surface area contributed by atoms with E-state index in [0.29, 0.717) is 0 Å². The first-order valence-corrected chi connectivity index (χ1v) is 8.07. The molecule has 150 valence electrons. The zero-order valence-corrected chi connectivity index (χ0v) is 15.2. The van der Waals surface area contributed by atoms with Crippen LogP contribution in [0, 0.1) is 24.0 Å². The van der Waals surface area contributed by atoms with Crippen LogP contribution in [0.3, 0.4) is 0 Å². The number of carbonyl (C=O) groups excluding carboxylic acids is 2. The van der Waals surface area contributed by atoms with Gasteiger partial charge in [-0.25, -0.2) is 0 Å². The van der Waals surface area contributed by atoms with Gasteiger partial charge in [-0.3, -0.25) is 24.4 Å². The number of Topliss-reactive ketones (excluding diaryl/α,β-unsaturated/α-hetero) is 1. The van der Waals surface area contributed by atoms with Gasteiger partial charge in [0.25, 0.3) is 0 Å². The first-order valence-electron chi connectivity index (χ1n) is 8.07. The van der Waals surface area contributed by atoms with Gasteiger partial charge in [0, 0.05) is 5.56 Å². The van der Waals surface area contributed by atoms with Crippen molar-refractivity contribution < 1.29 is 32.8 Å². The second kappa shape index (κ2) is 8.55. The summed E-state index contributed by atoms with van der Waals surface area (Å²) in [6.07, 6.45) is -1.15. The topological polar surface area (TPSA) is 114 Å². The summed E-state index contributed by atoms with van der Waals surface area (Å²) in [5.41, 5.74) is 0.297. The van der Waals surface area contributed by atoms with Gasteiger partial charge in [-0.05, 0) is 45.0 Å². The molecular weight excluding hydrogens is 380 g/mol. The second-order valence-corrected chi connectivity index (χ2v) is 5.83. The summed E-state index contributed by atoms with van der Waals surface area (Å²) in [4.78, 5) is 34.8. The number of benzene rings is 1. The van der Waals surface area contributed by atoms with Crippen LogP contribution < -0.4 is 4.74 Å². The summed E-state index contributed by atoms with van der Waals surface area (Å²) in [5, 5.41) is 14.9. The lowest BCUT2D eigenvalue weighted by atomic mass is 10.1. The molecule has 0 radical (unpaired) electrons. The van der Waals surface area contributed by atoms with Gasteiger partial charge in [0.15, 0.2) is 6.10 Å². The molecule has 1 aromatic carbocycles. The molecular formula is C17H17F2N3O6. The Morgan fingerprint density at radius 1 is 1.25 bits per heavy atom. The zero-order chi connectivity index (χ0) is 21.0. The van der Waals surface area contributed by atoms with Crippen LogP contribution in [0.2, 0.25) is 0 Å². The lowest BCUT2D eigenvalue weighted by Gasteiger charge is -2.13. The van der Waals surface area contributed by atoms with Crippen molar-refractivity contribution in [2.75, 3.05) is 0 Å². The van der Waals surface area contributed by atoms with Gasteiger partial charge >= 0.3 is 18.3 Å². The molecule has 28 heavy (non-hydrogen) atoms. The molecule has 0 aliphatic carbocycles. The van der Waals surface area contributed by atoms with Crippen molar-refractivity contribution in [3.05, 3.63) is 51.3 Å². The van der Waals surface area contributed by atoms with Gasteiger partial charge in [0.1, 0.15) is 23.7 Å². The van der Waals surface area contributed by atoms with Crippen LogP contribution in [0.15, 0.2) is 24.3 Å². The number of hydrogen-bond acceptors (Lipinski definition) is 7. The third kappa shape index (κ3) is 4.87. The number of halogens is 2. The SMILES string of the molecule is Cc1nn(CC(=O)O[C@@H](C)C(=O)c2ccc(OC(F)F)cc2)c(C)c1[N+](=O)[O-]. The maximum Gasteiger partial charge on any atom is 0.387 e. The van der Waals surface area contributed by atoms with E-state index in [-0.39, 0.29) is 28.4 Å². The number of ether oxygens (including phenoxy) is 2. The Labute approximate surface area is 158 Å². The molecule has 0 saturated heterocycles. The molecule has 1 aromatic heterocycles. The highest BCUT2D eigenvalue weighted by Crippen LogP contribution is 2.22. The summed E-state index contributed by atoms with van der Waals surface area (Å²) in [6.45, 7) is 0.864. The summed E-state index contributed by atoms with van der Waals surface area (Å²) < 4.78 is 34.7. The summed E-state index contributed by atoms with van der Waals surface area (Å²) in [5.74, 6) is -1.46. The predicted octanol–water partition coefficient (Wildman–Crippen LogP) is 2.82. The molecule has 0 saturated carbocycles. The average molecular weight is 397 g/mol. The largest absolute Gasteiger partial charge is 0.453 e. The van der Waals surface area contributed by atoms with E-state index < -0.39 is 35.9 Å². The normalized spacial score (nSPS) is 11.9. The molecule has 0 aliphatic rings. The van der Waals surface area contributed by atoms with Gasteiger partial charge in [0.05, 0.1) is 4.92 Å². The number of nitro groups is 1. The van der Waals surface area contributed by atoms with E-state index >= 15 is 0 Å². The molecule has 1 atom stereocenters. The summed E-state index contributed by atoms with van der Waals surface area (Å²) >= 11 is 0. The molecule has 0 amide bonds. The van der Waals surface area contributed by atoms with Crippen molar-refractivity contribution in [2.24, 2.45) is 0 Å². The fourth-order valence-electron chi connectivity index (χ4n) is 2.55. The number of rotatable bonds is 8. The van der Waals surface area contributed by atoms with Crippen LogP contribution in [-0.4, -0.2) is 39.2 Å². The van der Waals surface area contributed by atoms with E-state index in [2.05, 4.69) is 9.84 Å². The molecule has 0 unspecified atom stereocenters. The van der Waals surface area contributed by atoms with E-state index in [1.165, 1.54) is 45.0 Å². The van der Waals surface area contributed by atoms with Crippen LogP contribution >= 0.6 is 0 Å². The Morgan fingerprint density at radius 2 is 1.86 bits per heavy atom.